The minimum Gasteiger partial charge on any atom is -0.444 e. The zero-order valence-corrected chi connectivity index (χ0v) is 7.07. The maximum absolute atomic E-state index is 10.6. The van der Waals surface area contributed by atoms with Crippen LogP contribution in [-0.2, 0) is 14.8 Å². The molecule has 0 spiro atoms. The number of nitrogens with zero attached hydrogens (tertiary/aromatic N) is 1. The van der Waals surface area contributed by atoms with E-state index in [2.05, 4.69) is 9.68 Å². The van der Waals surface area contributed by atoms with Gasteiger partial charge >= 0.3 is 6.03 Å². The molecule has 0 bridgehead atoms. The van der Waals surface area contributed by atoms with Crippen molar-refractivity contribution in [2.45, 2.75) is 19.9 Å². The van der Waals surface area contributed by atoms with E-state index in [9.17, 15) is 9.00 Å². The maximum atomic E-state index is 10.6. The zero-order valence-electron chi connectivity index (χ0n) is 6.25. The molecule has 1 N–H and O–H groups in total. The summed E-state index contributed by atoms with van der Waals surface area (Å²) in [5.41, 5.74) is 0. The Morgan fingerprint density at radius 2 is 2.10 bits per heavy atom. The van der Waals surface area contributed by atoms with E-state index in [1.54, 1.807) is 0 Å². The molecule has 5 heteroatoms. The third-order valence-electron chi connectivity index (χ3n) is 0.624. The Labute approximate surface area is 62.2 Å². The van der Waals surface area contributed by atoms with Crippen molar-refractivity contribution >= 4 is 16.6 Å². The van der Waals surface area contributed by atoms with Crippen molar-refractivity contribution in [3.63, 3.8) is 0 Å². The summed E-state index contributed by atoms with van der Waals surface area (Å²) >= 11 is 0. The summed E-state index contributed by atoms with van der Waals surface area (Å²) in [6.07, 6.45) is 1.35. The highest BCUT2D eigenvalue weighted by atomic mass is 32.2. The highest BCUT2D eigenvalue weighted by Crippen LogP contribution is 1.80. The van der Waals surface area contributed by atoms with Crippen LogP contribution in [0, 0.1) is 0 Å². The Morgan fingerprint density at radius 1 is 1.60 bits per heavy atom. The lowest BCUT2D eigenvalue weighted by Crippen LogP contribution is -2.27. The lowest BCUT2D eigenvalue weighted by Gasteiger charge is -2.05. The van der Waals surface area contributed by atoms with Crippen LogP contribution in [0.2, 0.25) is 0 Å². The third kappa shape index (κ3) is 5.55. The fourth-order valence-electron chi connectivity index (χ4n) is 0.390. The smallest absolute Gasteiger partial charge is 0.317 e. The summed E-state index contributed by atoms with van der Waals surface area (Å²) in [7, 11) is -1.40. The van der Waals surface area contributed by atoms with Gasteiger partial charge in [0.2, 0.25) is 0 Å². The summed E-state index contributed by atoms with van der Waals surface area (Å²) in [5.74, 6) is 0. The Bertz CT molecular complexity index is 194. The van der Waals surface area contributed by atoms with Gasteiger partial charge < -0.3 is 13.9 Å². The first-order chi connectivity index (χ1) is 4.52. The highest BCUT2D eigenvalue weighted by Gasteiger charge is 1.94. The lowest BCUT2D eigenvalue weighted by atomic mass is 10.4. The molecule has 0 fully saturated rings. The number of rotatable bonds is 1. The lowest BCUT2D eigenvalue weighted by molar-refractivity contribution is 0.247. The predicted octanol–water partition coefficient (Wildman–Crippen LogP) is 0.882. The van der Waals surface area contributed by atoms with Crippen LogP contribution in [-0.4, -0.2) is 18.3 Å². The second-order valence-electron chi connectivity index (χ2n) is 2.12. The fraction of sp³-hybridized carbons (Fsp3) is 0.800. The van der Waals surface area contributed by atoms with Crippen LogP contribution < -0.4 is 5.32 Å². The first-order valence-electron chi connectivity index (χ1n) is 2.88. The van der Waals surface area contributed by atoms with Gasteiger partial charge in [-0.25, -0.2) is 4.79 Å². The first-order valence-corrected chi connectivity index (χ1v) is 4.39. The van der Waals surface area contributed by atoms with E-state index in [4.69, 9.17) is 0 Å². The van der Waals surface area contributed by atoms with E-state index in [0.717, 1.165) is 0 Å². The molecule has 0 saturated heterocycles. The molecule has 0 aromatic rings. The molecular weight excluding hydrogens is 152 g/mol. The van der Waals surface area contributed by atoms with Crippen molar-refractivity contribution < 1.29 is 9.00 Å². The number of amides is 2. The van der Waals surface area contributed by atoms with Crippen LogP contribution in [0.4, 0.5) is 4.79 Å². The van der Waals surface area contributed by atoms with E-state index in [-0.39, 0.29) is 6.04 Å². The van der Waals surface area contributed by atoms with Crippen LogP contribution in [0.25, 0.3) is 0 Å². The summed E-state index contributed by atoms with van der Waals surface area (Å²) < 4.78 is 13.6. The summed E-state index contributed by atoms with van der Waals surface area (Å²) in [6, 6.07) is -0.476. The average Bonchev–Trinajstić information content (AvgIpc) is 1.58. The van der Waals surface area contributed by atoms with Gasteiger partial charge in [-0.3, -0.25) is 0 Å². The largest absolute Gasteiger partial charge is 0.444 e. The molecule has 2 amide bonds. The molecule has 0 saturated carbocycles. The van der Waals surface area contributed by atoms with Crippen LogP contribution in [0.1, 0.15) is 13.8 Å². The Morgan fingerprint density at radius 3 is 2.40 bits per heavy atom. The van der Waals surface area contributed by atoms with Crippen LogP contribution >= 0.6 is 0 Å². The zero-order chi connectivity index (χ0) is 8.15. The molecule has 0 aromatic carbocycles. The van der Waals surface area contributed by atoms with E-state index >= 15 is 0 Å². The molecule has 10 heavy (non-hydrogen) atoms. The molecule has 0 aliphatic rings. The van der Waals surface area contributed by atoms with Gasteiger partial charge in [-0.2, -0.15) is 10.6 Å². The molecule has 0 radical (unpaired) electrons. The number of hydrogen-bond donors (Lipinski definition) is 1. The topological polar surface area (TPSA) is 58.5 Å². The Kier molecular flexibility index (Phi) is 4.02. The van der Waals surface area contributed by atoms with Gasteiger partial charge in [0.1, 0.15) is 0 Å². The van der Waals surface area contributed by atoms with Crippen molar-refractivity contribution in [2.75, 3.05) is 6.26 Å². The van der Waals surface area contributed by atoms with Gasteiger partial charge in [0, 0.05) is 6.04 Å². The van der Waals surface area contributed by atoms with Gasteiger partial charge in [0.15, 0.2) is 0 Å². The van der Waals surface area contributed by atoms with Crippen molar-refractivity contribution in [3.05, 3.63) is 0 Å². The van der Waals surface area contributed by atoms with Crippen molar-refractivity contribution in [2.24, 2.45) is 4.36 Å². The SMILES string of the molecule is CC(C)NC(=O)N=[S-](C)=O. The van der Waals surface area contributed by atoms with Crippen molar-refractivity contribution in [1.82, 2.24) is 5.32 Å². The van der Waals surface area contributed by atoms with Gasteiger partial charge in [-0.05, 0) is 13.8 Å². The summed E-state index contributed by atoms with van der Waals surface area (Å²) in [4.78, 5) is 10.6. The van der Waals surface area contributed by atoms with Gasteiger partial charge in [0.05, 0.1) is 0 Å². The Hall–Kier alpha value is -0.580. The third-order valence-corrected chi connectivity index (χ3v) is 1.05. The summed E-state index contributed by atoms with van der Waals surface area (Å²) in [5, 5.41) is 2.48. The van der Waals surface area contributed by atoms with E-state index in [1.807, 2.05) is 13.8 Å². The number of urea groups is 1. The molecule has 60 valence electrons. The molecular formula is C5H11N2O2S-. The Balaban J connectivity index is 3.88. The van der Waals surface area contributed by atoms with Crippen molar-refractivity contribution in [3.8, 4) is 0 Å². The van der Waals surface area contributed by atoms with E-state index < -0.39 is 16.6 Å². The normalized spacial score (nSPS) is 13.6. The number of carbonyl (C=O) groups is 1. The van der Waals surface area contributed by atoms with Crippen LogP contribution in [0.5, 0.6) is 0 Å². The standard InChI is InChI=1S/C5H11N2O2S/c1-4(2)6-5(8)7-10(3)9/h4H,1-3H3,(H,6,8)/q-1. The van der Waals surface area contributed by atoms with Crippen LogP contribution in [0.3, 0.4) is 0 Å². The molecule has 0 aliphatic carbocycles. The molecule has 0 rings (SSSR count). The second-order valence-corrected chi connectivity index (χ2v) is 3.15. The van der Waals surface area contributed by atoms with E-state index in [0.29, 0.717) is 0 Å². The summed E-state index contributed by atoms with van der Waals surface area (Å²) in [6.45, 7) is 3.62. The molecule has 0 aliphatic heterocycles. The minimum absolute atomic E-state index is 0.0415. The van der Waals surface area contributed by atoms with Gasteiger partial charge in [0.25, 0.3) is 0 Å². The van der Waals surface area contributed by atoms with Crippen LogP contribution in [0.15, 0.2) is 4.36 Å². The quantitative estimate of drug-likeness (QED) is 0.583. The second kappa shape index (κ2) is 4.27. The van der Waals surface area contributed by atoms with Gasteiger partial charge in [-0.15, -0.1) is 6.26 Å². The van der Waals surface area contributed by atoms with Crippen molar-refractivity contribution in [1.29, 1.82) is 0 Å². The molecule has 0 unspecified atom stereocenters. The number of carbonyl (C=O) groups excluding carboxylic acids is 1. The monoisotopic (exact) mass is 163 g/mol. The molecule has 0 heterocycles. The first kappa shape index (κ1) is 9.42. The maximum Gasteiger partial charge on any atom is 0.317 e. The minimum atomic E-state index is -1.40. The number of nitrogens with one attached hydrogen (secondary N) is 1. The molecule has 0 aromatic heterocycles. The van der Waals surface area contributed by atoms with Gasteiger partial charge in [-0.1, -0.05) is 0 Å². The molecule has 0 atom stereocenters. The van der Waals surface area contributed by atoms with E-state index in [1.165, 1.54) is 6.26 Å². The fourth-order valence-corrected chi connectivity index (χ4v) is 0.676. The molecule has 4 nitrogen and oxygen atoms in total. The average molecular weight is 163 g/mol. The highest BCUT2D eigenvalue weighted by molar-refractivity contribution is 7.74. The predicted molar refractivity (Wildman–Crippen MR) is 40.1 cm³/mol. The number of hydrogen-bond acceptors (Lipinski definition) is 3.